The molecule has 2 aliphatic carbocycles. The zero-order chi connectivity index (χ0) is 15.9. The normalized spacial score (nSPS) is 22.0. The minimum Gasteiger partial charge on any atom is -0.469 e. The number of fused-ring (bicyclic) bond motifs is 1. The van der Waals surface area contributed by atoms with Crippen molar-refractivity contribution in [2.45, 2.75) is 50.0 Å². The van der Waals surface area contributed by atoms with Crippen molar-refractivity contribution in [3.05, 3.63) is 59.3 Å². The first-order valence-corrected chi connectivity index (χ1v) is 8.32. The fraction of sp³-hybridized carbons (Fsp3) is 0.421. The summed E-state index contributed by atoms with van der Waals surface area (Å²) in [5.41, 5.74) is 1.33. The molecule has 4 heteroatoms. The number of halogens is 1. The summed E-state index contributed by atoms with van der Waals surface area (Å²) in [4.78, 5) is 13.0. The van der Waals surface area contributed by atoms with Gasteiger partial charge in [0.2, 0.25) is 5.91 Å². The third kappa shape index (κ3) is 2.37. The van der Waals surface area contributed by atoms with E-state index >= 15 is 0 Å². The number of benzene rings is 1. The Morgan fingerprint density at radius 3 is 2.87 bits per heavy atom. The van der Waals surface area contributed by atoms with Gasteiger partial charge >= 0.3 is 0 Å². The van der Waals surface area contributed by atoms with Crippen molar-refractivity contribution in [1.29, 1.82) is 0 Å². The average molecular weight is 313 g/mol. The van der Waals surface area contributed by atoms with Crippen LogP contribution in [0.25, 0.3) is 0 Å². The van der Waals surface area contributed by atoms with E-state index in [0.717, 1.165) is 55.4 Å². The molecule has 0 radical (unpaired) electrons. The van der Waals surface area contributed by atoms with E-state index in [1.807, 2.05) is 12.1 Å². The Bertz CT molecular complexity index is 732. The van der Waals surface area contributed by atoms with Gasteiger partial charge in [-0.3, -0.25) is 4.79 Å². The number of aryl methyl sites for hydroxylation is 1. The van der Waals surface area contributed by atoms with E-state index in [1.54, 1.807) is 12.3 Å². The summed E-state index contributed by atoms with van der Waals surface area (Å²) in [5.74, 6) is 0.722. The van der Waals surface area contributed by atoms with Crippen molar-refractivity contribution >= 4 is 5.91 Å². The molecule has 0 spiro atoms. The minimum absolute atomic E-state index is 0.0102. The molecule has 0 saturated heterocycles. The van der Waals surface area contributed by atoms with Gasteiger partial charge in [0, 0.05) is 12.0 Å². The highest BCUT2D eigenvalue weighted by molar-refractivity contribution is 5.89. The van der Waals surface area contributed by atoms with Crippen molar-refractivity contribution in [3.63, 3.8) is 0 Å². The van der Waals surface area contributed by atoms with Gasteiger partial charge in [-0.05, 0) is 49.4 Å². The first-order valence-electron chi connectivity index (χ1n) is 8.32. The van der Waals surface area contributed by atoms with Gasteiger partial charge in [0.25, 0.3) is 0 Å². The number of rotatable bonds is 3. The molecule has 1 aromatic heterocycles. The molecule has 1 unspecified atom stereocenters. The maximum Gasteiger partial charge on any atom is 0.231 e. The van der Waals surface area contributed by atoms with E-state index < -0.39 is 5.41 Å². The highest BCUT2D eigenvalue weighted by atomic mass is 19.1. The molecular weight excluding hydrogens is 293 g/mol. The lowest BCUT2D eigenvalue weighted by Gasteiger charge is -2.42. The van der Waals surface area contributed by atoms with Crippen molar-refractivity contribution in [2.75, 3.05) is 0 Å². The predicted octanol–water partition coefficient (Wildman–Crippen LogP) is 4.03. The van der Waals surface area contributed by atoms with E-state index in [-0.39, 0.29) is 17.8 Å². The Kier molecular flexibility index (Phi) is 3.47. The van der Waals surface area contributed by atoms with Gasteiger partial charge < -0.3 is 9.73 Å². The van der Waals surface area contributed by atoms with Crippen LogP contribution < -0.4 is 5.32 Å². The first kappa shape index (κ1) is 14.5. The summed E-state index contributed by atoms with van der Waals surface area (Å²) in [7, 11) is 0. The average Bonchev–Trinajstić information content (AvgIpc) is 2.96. The molecule has 1 amide bonds. The number of hydrogen-bond acceptors (Lipinski definition) is 2. The molecule has 2 aromatic rings. The van der Waals surface area contributed by atoms with Crippen LogP contribution in [0.2, 0.25) is 0 Å². The second-order valence-electron chi connectivity index (χ2n) is 6.66. The highest BCUT2D eigenvalue weighted by Crippen LogP contribution is 2.45. The topological polar surface area (TPSA) is 42.2 Å². The lowest BCUT2D eigenvalue weighted by Crippen LogP contribution is -2.50. The van der Waals surface area contributed by atoms with Gasteiger partial charge in [0.15, 0.2) is 0 Å². The second-order valence-corrected chi connectivity index (χ2v) is 6.66. The maximum absolute atomic E-state index is 13.6. The van der Waals surface area contributed by atoms with Gasteiger partial charge in [-0.2, -0.15) is 0 Å². The first-order chi connectivity index (χ1) is 11.2. The molecule has 1 N–H and O–H groups in total. The second kappa shape index (κ2) is 5.52. The molecule has 1 fully saturated rings. The van der Waals surface area contributed by atoms with Crippen molar-refractivity contribution in [2.24, 2.45) is 0 Å². The summed E-state index contributed by atoms with van der Waals surface area (Å²) < 4.78 is 19.1. The lowest BCUT2D eigenvalue weighted by atomic mass is 9.63. The zero-order valence-electron chi connectivity index (χ0n) is 13.0. The van der Waals surface area contributed by atoms with Gasteiger partial charge in [-0.1, -0.05) is 18.6 Å². The predicted molar refractivity (Wildman–Crippen MR) is 84.5 cm³/mol. The van der Waals surface area contributed by atoms with Gasteiger partial charge in [0.05, 0.1) is 17.7 Å². The molecule has 23 heavy (non-hydrogen) atoms. The third-order valence-electron chi connectivity index (χ3n) is 5.38. The summed E-state index contributed by atoms with van der Waals surface area (Å²) in [5, 5.41) is 3.20. The monoisotopic (exact) mass is 313 g/mol. The Morgan fingerprint density at radius 1 is 1.26 bits per heavy atom. The van der Waals surface area contributed by atoms with Crippen molar-refractivity contribution < 1.29 is 13.6 Å². The Labute approximate surface area is 134 Å². The van der Waals surface area contributed by atoms with Crippen LogP contribution in [0.4, 0.5) is 4.39 Å². The molecule has 1 atom stereocenters. The molecular formula is C19H20FNO2. The van der Waals surface area contributed by atoms with E-state index in [9.17, 15) is 9.18 Å². The highest BCUT2D eigenvalue weighted by Gasteiger charge is 2.46. The minimum atomic E-state index is -0.566. The third-order valence-corrected chi connectivity index (χ3v) is 5.38. The number of carbonyl (C=O) groups is 1. The Hall–Kier alpha value is -2.10. The number of hydrogen-bond donors (Lipinski definition) is 1. The van der Waals surface area contributed by atoms with Crippen LogP contribution in [0.1, 0.15) is 55.0 Å². The van der Waals surface area contributed by atoms with Gasteiger partial charge in [-0.15, -0.1) is 0 Å². The number of furan rings is 1. The summed E-state index contributed by atoms with van der Waals surface area (Å²) in [6.45, 7) is 0. The van der Waals surface area contributed by atoms with Crippen molar-refractivity contribution in [3.8, 4) is 0 Å². The molecule has 120 valence electrons. The molecule has 1 aromatic carbocycles. The molecule has 3 nitrogen and oxygen atoms in total. The van der Waals surface area contributed by atoms with Gasteiger partial charge in [0.1, 0.15) is 11.6 Å². The quantitative estimate of drug-likeness (QED) is 0.929. The number of amides is 1. The molecule has 0 aliphatic heterocycles. The largest absolute Gasteiger partial charge is 0.469 e. The fourth-order valence-corrected chi connectivity index (χ4v) is 3.90. The molecule has 2 aliphatic rings. The van der Waals surface area contributed by atoms with E-state index in [1.165, 1.54) is 12.1 Å². The SMILES string of the molecule is O=C(NC1CCCc2occc21)C1(c2cccc(F)c2)CCC1. The van der Waals surface area contributed by atoms with Crippen LogP contribution in [0.5, 0.6) is 0 Å². The summed E-state index contributed by atoms with van der Waals surface area (Å²) in [6, 6.07) is 8.44. The van der Waals surface area contributed by atoms with Crippen LogP contribution in [0.3, 0.4) is 0 Å². The van der Waals surface area contributed by atoms with E-state index in [0.29, 0.717) is 0 Å². The number of nitrogens with one attached hydrogen (secondary N) is 1. The molecule has 1 saturated carbocycles. The number of carbonyl (C=O) groups excluding carboxylic acids is 1. The summed E-state index contributed by atoms with van der Waals surface area (Å²) in [6.07, 6.45) is 7.15. The fourth-order valence-electron chi connectivity index (χ4n) is 3.90. The van der Waals surface area contributed by atoms with Crippen molar-refractivity contribution in [1.82, 2.24) is 5.32 Å². The molecule has 1 heterocycles. The summed E-state index contributed by atoms with van der Waals surface area (Å²) >= 11 is 0. The molecule has 0 bridgehead atoms. The van der Waals surface area contributed by atoms with Crippen LogP contribution >= 0.6 is 0 Å². The van der Waals surface area contributed by atoms with Crippen LogP contribution in [-0.2, 0) is 16.6 Å². The standard InChI is InChI=1S/C19H20FNO2/c20-14-5-1-4-13(12-14)19(9-3-10-19)18(22)21-16-6-2-7-17-15(16)8-11-23-17/h1,4-5,8,11-12,16H,2-3,6-7,9-10H2,(H,21,22). The van der Waals surface area contributed by atoms with Crippen LogP contribution in [0.15, 0.2) is 41.0 Å². The Morgan fingerprint density at radius 2 is 2.13 bits per heavy atom. The lowest BCUT2D eigenvalue weighted by molar-refractivity contribution is -0.130. The van der Waals surface area contributed by atoms with Crippen LogP contribution in [-0.4, -0.2) is 5.91 Å². The molecule has 4 rings (SSSR count). The Balaban J connectivity index is 1.59. The zero-order valence-corrected chi connectivity index (χ0v) is 13.0. The van der Waals surface area contributed by atoms with E-state index in [2.05, 4.69) is 5.32 Å². The van der Waals surface area contributed by atoms with E-state index in [4.69, 9.17) is 4.42 Å². The maximum atomic E-state index is 13.6. The smallest absolute Gasteiger partial charge is 0.231 e. The van der Waals surface area contributed by atoms with Gasteiger partial charge in [-0.25, -0.2) is 4.39 Å². The van der Waals surface area contributed by atoms with Crippen LogP contribution in [0, 0.1) is 5.82 Å².